The van der Waals surface area contributed by atoms with Gasteiger partial charge in [0, 0.05) is 5.69 Å². The number of amides is 2. The van der Waals surface area contributed by atoms with E-state index < -0.39 is 5.60 Å². The van der Waals surface area contributed by atoms with Crippen molar-refractivity contribution in [2.75, 3.05) is 11.9 Å². The van der Waals surface area contributed by atoms with Crippen LogP contribution in [0.3, 0.4) is 0 Å². The summed E-state index contributed by atoms with van der Waals surface area (Å²) in [6.07, 6.45) is 1.48. The van der Waals surface area contributed by atoms with Crippen molar-refractivity contribution in [3.05, 3.63) is 65.7 Å². The summed E-state index contributed by atoms with van der Waals surface area (Å²) < 4.78 is 0. The number of benzene rings is 2. The SMILES string of the molecule is O=C(NCC1(O)CCc2ccccc21)Nc1ccccc1. The fourth-order valence-electron chi connectivity index (χ4n) is 2.78. The molecule has 3 rings (SSSR count). The van der Waals surface area contributed by atoms with Gasteiger partial charge in [0.15, 0.2) is 0 Å². The zero-order valence-electron chi connectivity index (χ0n) is 11.7. The lowest BCUT2D eigenvalue weighted by molar-refractivity contribution is 0.0417. The highest BCUT2D eigenvalue weighted by Crippen LogP contribution is 2.36. The summed E-state index contributed by atoms with van der Waals surface area (Å²) in [6.45, 7) is 0.211. The standard InChI is InChI=1S/C17H18N2O2/c20-16(19-14-7-2-1-3-8-14)18-12-17(21)11-10-13-6-4-5-9-15(13)17/h1-9,21H,10-12H2,(H2,18,19,20). The largest absolute Gasteiger partial charge is 0.383 e. The highest BCUT2D eigenvalue weighted by Gasteiger charge is 2.36. The lowest BCUT2D eigenvalue weighted by Gasteiger charge is -2.24. The summed E-state index contributed by atoms with van der Waals surface area (Å²) in [5, 5.41) is 16.2. The Morgan fingerprint density at radius 2 is 1.81 bits per heavy atom. The first kappa shape index (κ1) is 13.6. The van der Waals surface area contributed by atoms with Crippen molar-refractivity contribution in [3.63, 3.8) is 0 Å². The predicted octanol–water partition coefficient (Wildman–Crippen LogP) is 2.64. The van der Waals surface area contributed by atoms with Gasteiger partial charge in [-0.15, -0.1) is 0 Å². The highest BCUT2D eigenvalue weighted by molar-refractivity contribution is 5.89. The van der Waals surface area contributed by atoms with Gasteiger partial charge in [-0.1, -0.05) is 42.5 Å². The Morgan fingerprint density at radius 3 is 2.62 bits per heavy atom. The van der Waals surface area contributed by atoms with E-state index in [1.54, 1.807) is 0 Å². The van der Waals surface area contributed by atoms with Crippen molar-refractivity contribution in [1.82, 2.24) is 5.32 Å². The molecular formula is C17H18N2O2. The van der Waals surface area contributed by atoms with Crippen LogP contribution < -0.4 is 10.6 Å². The minimum Gasteiger partial charge on any atom is -0.383 e. The molecule has 0 saturated carbocycles. The lowest BCUT2D eigenvalue weighted by Crippen LogP contribution is -2.41. The Kier molecular flexibility index (Phi) is 3.62. The Hall–Kier alpha value is -2.33. The van der Waals surface area contributed by atoms with Gasteiger partial charge >= 0.3 is 6.03 Å². The number of hydrogen-bond donors (Lipinski definition) is 3. The highest BCUT2D eigenvalue weighted by atomic mass is 16.3. The molecule has 0 bridgehead atoms. The van der Waals surface area contributed by atoms with E-state index in [0.717, 1.165) is 23.2 Å². The van der Waals surface area contributed by atoms with Gasteiger partial charge < -0.3 is 15.7 Å². The molecule has 1 unspecified atom stereocenters. The van der Waals surface area contributed by atoms with E-state index in [9.17, 15) is 9.90 Å². The van der Waals surface area contributed by atoms with E-state index in [0.29, 0.717) is 6.42 Å². The Labute approximate surface area is 123 Å². The second-order valence-electron chi connectivity index (χ2n) is 5.36. The van der Waals surface area contributed by atoms with Gasteiger partial charge in [-0.3, -0.25) is 0 Å². The van der Waals surface area contributed by atoms with Gasteiger partial charge in [-0.25, -0.2) is 4.79 Å². The normalized spacial score (nSPS) is 19.9. The number of hydrogen-bond acceptors (Lipinski definition) is 2. The smallest absolute Gasteiger partial charge is 0.319 e. The maximum atomic E-state index is 11.9. The van der Waals surface area contributed by atoms with Gasteiger partial charge in [0.25, 0.3) is 0 Å². The second kappa shape index (κ2) is 5.58. The minimum atomic E-state index is -0.968. The van der Waals surface area contributed by atoms with E-state index in [-0.39, 0.29) is 12.6 Å². The zero-order valence-corrected chi connectivity index (χ0v) is 11.7. The van der Waals surface area contributed by atoms with E-state index in [1.165, 1.54) is 0 Å². The van der Waals surface area contributed by atoms with Crippen LogP contribution in [0.5, 0.6) is 0 Å². The topological polar surface area (TPSA) is 61.4 Å². The van der Waals surface area contributed by atoms with Crippen molar-refractivity contribution in [1.29, 1.82) is 0 Å². The van der Waals surface area contributed by atoms with Crippen LogP contribution in [0.25, 0.3) is 0 Å². The molecule has 0 fully saturated rings. The van der Waals surface area contributed by atoms with Gasteiger partial charge in [0.2, 0.25) is 0 Å². The molecule has 2 aromatic carbocycles. The third-order valence-corrected chi connectivity index (χ3v) is 3.90. The molecule has 0 radical (unpaired) electrons. The number of carbonyl (C=O) groups excluding carboxylic acids is 1. The summed E-state index contributed by atoms with van der Waals surface area (Å²) >= 11 is 0. The molecule has 0 aromatic heterocycles. The third kappa shape index (κ3) is 2.90. The number of nitrogens with one attached hydrogen (secondary N) is 2. The number of para-hydroxylation sites is 1. The van der Waals surface area contributed by atoms with Crippen molar-refractivity contribution < 1.29 is 9.90 Å². The van der Waals surface area contributed by atoms with Crippen LogP contribution in [0.2, 0.25) is 0 Å². The summed E-state index contributed by atoms with van der Waals surface area (Å²) in [6, 6.07) is 16.8. The van der Waals surface area contributed by atoms with Crippen molar-refractivity contribution in [2.45, 2.75) is 18.4 Å². The van der Waals surface area contributed by atoms with Crippen LogP contribution >= 0.6 is 0 Å². The van der Waals surface area contributed by atoms with Gasteiger partial charge in [-0.05, 0) is 36.1 Å². The third-order valence-electron chi connectivity index (χ3n) is 3.90. The monoisotopic (exact) mass is 282 g/mol. The minimum absolute atomic E-state index is 0.211. The summed E-state index contributed by atoms with van der Waals surface area (Å²) in [5.41, 5.74) is 1.84. The Bertz CT molecular complexity index is 642. The second-order valence-corrected chi connectivity index (χ2v) is 5.36. The van der Waals surface area contributed by atoms with Gasteiger partial charge in [0.1, 0.15) is 5.60 Å². The molecule has 1 atom stereocenters. The van der Waals surface area contributed by atoms with Crippen LogP contribution in [-0.4, -0.2) is 17.7 Å². The molecule has 0 spiro atoms. The maximum Gasteiger partial charge on any atom is 0.319 e. The molecule has 2 amide bonds. The average Bonchev–Trinajstić information content (AvgIpc) is 2.85. The lowest BCUT2D eigenvalue weighted by atomic mass is 9.96. The van der Waals surface area contributed by atoms with Crippen molar-refractivity contribution in [3.8, 4) is 0 Å². The van der Waals surface area contributed by atoms with Crippen molar-refractivity contribution in [2.24, 2.45) is 0 Å². The molecule has 0 saturated heterocycles. The fourth-order valence-corrected chi connectivity index (χ4v) is 2.78. The molecule has 0 heterocycles. The predicted molar refractivity (Wildman–Crippen MR) is 82.1 cm³/mol. The molecule has 0 aliphatic heterocycles. The van der Waals surface area contributed by atoms with E-state index in [2.05, 4.69) is 10.6 Å². The number of aliphatic hydroxyl groups is 1. The fraction of sp³-hybridized carbons (Fsp3) is 0.235. The average molecular weight is 282 g/mol. The number of rotatable bonds is 3. The van der Waals surface area contributed by atoms with E-state index >= 15 is 0 Å². The first-order chi connectivity index (χ1) is 10.2. The molecule has 1 aliphatic rings. The van der Waals surface area contributed by atoms with Crippen LogP contribution in [-0.2, 0) is 12.0 Å². The molecule has 108 valence electrons. The quantitative estimate of drug-likeness (QED) is 0.810. The van der Waals surface area contributed by atoms with Crippen LogP contribution in [0.15, 0.2) is 54.6 Å². The summed E-state index contributed by atoms with van der Waals surface area (Å²) in [4.78, 5) is 11.9. The van der Waals surface area contributed by atoms with Crippen molar-refractivity contribution >= 4 is 11.7 Å². The number of urea groups is 1. The first-order valence-electron chi connectivity index (χ1n) is 7.08. The molecule has 1 aliphatic carbocycles. The van der Waals surface area contributed by atoms with E-state index in [4.69, 9.17) is 0 Å². The van der Waals surface area contributed by atoms with Crippen LogP contribution in [0.1, 0.15) is 17.5 Å². The van der Waals surface area contributed by atoms with Gasteiger partial charge in [-0.2, -0.15) is 0 Å². The number of aryl methyl sites for hydroxylation is 1. The maximum absolute atomic E-state index is 11.9. The Morgan fingerprint density at radius 1 is 1.10 bits per heavy atom. The van der Waals surface area contributed by atoms with Crippen LogP contribution in [0.4, 0.5) is 10.5 Å². The molecule has 2 aromatic rings. The number of carbonyl (C=O) groups is 1. The van der Waals surface area contributed by atoms with E-state index in [1.807, 2.05) is 54.6 Å². The zero-order chi connectivity index (χ0) is 14.7. The summed E-state index contributed by atoms with van der Waals surface area (Å²) in [5.74, 6) is 0. The van der Waals surface area contributed by atoms with Crippen LogP contribution in [0, 0.1) is 0 Å². The molecule has 3 N–H and O–H groups in total. The molecule has 4 heteroatoms. The van der Waals surface area contributed by atoms with Gasteiger partial charge in [0.05, 0.1) is 6.54 Å². The Balaban J connectivity index is 1.62. The first-order valence-corrected chi connectivity index (χ1v) is 7.08. The number of anilines is 1. The summed E-state index contributed by atoms with van der Waals surface area (Å²) in [7, 11) is 0. The number of fused-ring (bicyclic) bond motifs is 1. The molecular weight excluding hydrogens is 264 g/mol. The molecule has 4 nitrogen and oxygen atoms in total. The molecule has 21 heavy (non-hydrogen) atoms.